The van der Waals surface area contributed by atoms with E-state index >= 15 is 0 Å². The molecule has 0 bridgehead atoms. The van der Waals surface area contributed by atoms with E-state index in [9.17, 15) is 4.79 Å². The van der Waals surface area contributed by atoms with E-state index in [-0.39, 0.29) is 17.9 Å². The van der Waals surface area contributed by atoms with Crippen LogP contribution in [0.1, 0.15) is 55.9 Å². The lowest BCUT2D eigenvalue weighted by Crippen LogP contribution is -2.49. The van der Waals surface area contributed by atoms with E-state index < -0.39 is 0 Å². The van der Waals surface area contributed by atoms with E-state index in [0.717, 1.165) is 31.9 Å². The van der Waals surface area contributed by atoms with Crippen molar-refractivity contribution in [1.29, 1.82) is 0 Å². The van der Waals surface area contributed by atoms with Crippen LogP contribution < -0.4 is 0 Å². The molecule has 0 aliphatic carbocycles. The molecule has 6 heteroatoms. The molecule has 1 fully saturated rings. The normalized spacial score (nSPS) is 18.5. The summed E-state index contributed by atoms with van der Waals surface area (Å²) >= 11 is 0. The summed E-state index contributed by atoms with van der Waals surface area (Å²) in [6, 6.07) is 10.4. The third-order valence-electron chi connectivity index (χ3n) is 4.87. The molecule has 3 rings (SSSR count). The largest absolute Gasteiger partial charge is 0.339 e. The Balaban J connectivity index is 1.58. The Hall–Kier alpha value is -2.21. The molecule has 0 spiro atoms. The second kappa shape index (κ2) is 8.45. The first-order chi connectivity index (χ1) is 12.5. The quantitative estimate of drug-likeness (QED) is 0.796. The van der Waals surface area contributed by atoms with Crippen molar-refractivity contribution < 1.29 is 9.32 Å². The predicted molar refractivity (Wildman–Crippen MR) is 99.7 cm³/mol. The van der Waals surface area contributed by atoms with Crippen molar-refractivity contribution >= 4 is 5.91 Å². The number of carbonyl (C=O) groups is 1. The Bertz CT molecular complexity index is 714. The fourth-order valence-corrected chi connectivity index (χ4v) is 3.32. The van der Waals surface area contributed by atoms with Gasteiger partial charge in [-0.15, -0.1) is 0 Å². The van der Waals surface area contributed by atoms with Crippen molar-refractivity contribution in [3.8, 4) is 0 Å². The van der Waals surface area contributed by atoms with Gasteiger partial charge in [0.05, 0.1) is 6.04 Å². The molecule has 1 aliphatic rings. The molecule has 26 heavy (non-hydrogen) atoms. The van der Waals surface area contributed by atoms with E-state index in [1.807, 2.05) is 36.9 Å². The van der Waals surface area contributed by atoms with E-state index in [4.69, 9.17) is 4.52 Å². The molecule has 0 saturated carbocycles. The number of rotatable bonds is 6. The lowest BCUT2D eigenvalue weighted by atomic mass is 10.0. The first-order valence-electron chi connectivity index (χ1n) is 9.40. The minimum atomic E-state index is 0.124. The Kier molecular flexibility index (Phi) is 6.04. The molecule has 2 aromatic rings. The zero-order chi connectivity index (χ0) is 18.5. The van der Waals surface area contributed by atoms with Crippen LogP contribution in [-0.2, 0) is 11.2 Å². The summed E-state index contributed by atoms with van der Waals surface area (Å²) < 4.78 is 5.27. The Morgan fingerprint density at radius 1 is 1.27 bits per heavy atom. The zero-order valence-corrected chi connectivity index (χ0v) is 15.9. The first kappa shape index (κ1) is 18.6. The Morgan fingerprint density at radius 2 is 2.04 bits per heavy atom. The molecule has 1 aromatic carbocycles. The average molecular weight is 356 g/mol. The molecular weight excluding hydrogens is 328 g/mol. The van der Waals surface area contributed by atoms with Crippen molar-refractivity contribution in [1.82, 2.24) is 19.9 Å². The van der Waals surface area contributed by atoms with E-state index in [1.54, 1.807) is 0 Å². The third kappa shape index (κ3) is 4.49. The van der Waals surface area contributed by atoms with Crippen LogP contribution in [0.3, 0.4) is 0 Å². The average Bonchev–Trinajstić information content (AvgIpc) is 3.11. The molecule has 1 saturated heterocycles. The number of aryl methyl sites for hydroxylation is 1. The van der Waals surface area contributed by atoms with Crippen LogP contribution in [0.25, 0.3) is 0 Å². The van der Waals surface area contributed by atoms with Crippen molar-refractivity contribution in [3.63, 3.8) is 0 Å². The van der Waals surface area contributed by atoms with Gasteiger partial charge in [-0.25, -0.2) is 0 Å². The first-order valence-corrected chi connectivity index (χ1v) is 9.40. The molecular formula is C20H28N4O2. The van der Waals surface area contributed by atoms with Gasteiger partial charge >= 0.3 is 0 Å². The van der Waals surface area contributed by atoms with Gasteiger partial charge in [0.1, 0.15) is 0 Å². The van der Waals surface area contributed by atoms with Crippen molar-refractivity contribution in [2.75, 3.05) is 26.7 Å². The van der Waals surface area contributed by atoms with Gasteiger partial charge in [0.25, 0.3) is 0 Å². The topological polar surface area (TPSA) is 62.5 Å². The standard InChI is InChI=1S/C20H28N4O2/c1-15(2)20-21-18(26-22-20)10-7-11-19(25)24-13-12-23(3)14-17(24)16-8-5-4-6-9-16/h4-6,8-9,15,17H,7,10-14H2,1-3H3/t17-/m0/s1. The molecule has 2 heterocycles. The number of carbonyl (C=O) groups excluding carboxylic acids is 1. The minimum Gasteiger partial charge on any atom is -0.339 e. The number of aromatic nitrogens is 2. The number of nitrogens with zero attached hydrogens (tertiary/aromatic N) is 4. The van der Waals surface area contributed by atoms with Gasteiger partial charge in [0, 0.05) is 38.4 Å². The van der Waals surface area contributed by atoms with Crippen LogP contribution in [0.4, 0.5) is 0 Å². The summed E-state index contributed by atoms with van der Waals surface area (Å²) in [5, 5.41) is 3.98. The highest BCUT2D eigenvalue weighted by Crippen LogP contribution is 2.26. The predicted octanol–water partition coefficient (Wildman–Crippen LogP) is 3.03. The highest BCUT2D eigenvalue weighted by molar-refractivity contribution is 5.77. The highest BCUT2D eigenvalue weighted by atomic mass is 16.5. The maximum atomic E-state index is 12.8. The van der Waals surface area contributed by atoms with E-state index in [1.165, 1.54) is 5.56 Å². The summed E-state index contributed by atoms with van der Waals surface area (Å²) in [6.45, 7) is 6.63. The Labute approximate surface area is 155 Å². The number of benzene rings is 1. The van der Waals surface area contributed by atoms with Crippen molar-refractivity contribution in [3.05, 3.63) is 47.6 Å². The van der Waals surface area contributed by atoms with Crippen molar-refractivity contribution in [2.24, 2.45) is 0 Å². The van der Waals surface area contributed by atoms with Gasteiger partial charge in [0.15, 0.2) is 5.82 Å². The van der Waals surface area contributed by atoms with Crippen LogP contribution in [0, 0.1) is 0 Å². The summed E-state index contributed by atoms with van der Waals surface area (Å²) in [5.41, 5.74) is 1.20. The second-order valence-electron chi connectivity index (χ2n) is 7.33. The van der Waals surface area contributed by atoms with Crippen LogP contribution in [-0.4, -0.2) is 52.5 Å². The monoisotopic (exact) mass is 356 g/mol. The van der Waals surface area contributed by atoms with Gasteiger partial charge in [-0.05, 0) is 19.0 Å². The molecule has 0 unspecified atom stereocenters. The van der Waals surface area contributed by atoms with E-state index in [0.29, 0.717) is 18.7 Å². The molecule has 1 amide bonds. The summed E-state index contributed by atoms with van der Waals surface area (Å²) in [5.74, 6) is 1.82. The molecule has 1 atom stereocenters. The summed E-state index contributed by atoms with van der Waals surface area (Å²) in [4.78, 5) is 21.5. The molecule has 140 valence electrons. The van der Waals surface area contributed by atoms with Crippen LogP contribution in [0.2, 0.25) is 0 Å². The molecule has 1 aromatic heterocycles. The molecule has 0 radical (unpaired) electrons. The summed E-state index contributed by atoms with van der Waals surface area (Å²) in [6.07, 6.45) is 1.88. The lowest BCUT2D eigenvalue weighted by molar-refractivity contribution is -0.136. The maximum absolute atomic E-state index is 12.8. The summed E-state index contributed by atoms with van der Waals surface area (Å²) in [7, 11) is 2.11. The smallest absolute Gasteiger partial charge is 0.226 e. The van der Waals surface area contributed by atoms with Gasteiger partial charge in [-0.2, -0.15) is 4.98 Å². The third-order valence-corrected chi connectivity index (χ3v) is 4.87. The van der Waals surface area contributed by atoms with Gasteiger partial charge < -0.3 is 14.3 Å². The maximum Gasteiger partial charge on any atom is 0.226 e. The SMILES string of the molecule is CC(C)c1noc(CCCC(=O)N2CCN(C)C[C@H]2c2ccccc2)n1. The fourth-order valence-electron chi connectivity index (χ4n) is 3.32. The highest BCUT2D eigenvalue weighted by Gasteiger charge is 2.29. The molecule has 1 aliphatic heterocycles. The molecule has 6 nitrogen and oxygen atoms in total. The number of hydrogen-bond donors (Lipinski definition) is 0. The van der Waals surface area contributed by atoms with Crippen LogP contribution >= 0.6 is 0 Å². The minimum absolute atomic E-state index is 0.124. The van der Waals surface area contributed by atoms with Crippen molar-refractivity contribution in [2.45, 2.75) is 45.1 Å². The molecule has 0 N–H and O–H groups in total. The van der Waals surface area contributed by atoms with Crippen LogP contribution in [0.5, 0.6) is 0 Å². The number of amides is 1. The van der Waals surface area contributed by atoms with Gasteiger partial charge in [-0.1, -0.05) is 49.3 Å². The number of likely N-dealkylation sites (N-methyl/N-ethyl adjacent to an activating group) is 1. The van der Waals surface area contributed by atoms with Crippen LogP contribution in [0.15, 0.2) is 34.9 Å². The Morgan fingerprint density at radius 3 is 2.73 bits per heavy atom. The second-order valence-corrected chi connectivity index (χ2v) is 7.33. The lowest BCUT2D eigenvalue weighted by Gasteiger charge is -2.40. The number of piperazine rings is 1. The fraction of sp³-hybridized carbons (Fsp3) is 0.550. The van der Waals surface area contributed by atoms with Gasteiger partial charge in [0.2, 0.25) is 11.8 Å². The van der Waals surface area contributed by atoms with E-state index in [2.05, 4.69) is 34.2 Å². The van der Waals surface area contributed by atoms with Gasteiger partial charge in [-0.3, -0.25) is 4.79 Å². The zero-order valence-electron chi connectivity index (χ0n) is 15.9. The number of hydrogen-bond acceptors (Lipinski definition) is 5.